The number of allylic oxidation sites excluding steroid dienone is 1. The summed E-state index contributed by atoms with van der Waals surface area (Å²) in [6.07, 6.45) is 7.11. The summed E-state index contributed by atoms with van der Waals surface area (Å²) in [5.74, 6) is 1.04. The maximum atomic E-state index is 12.2. The number of amides is 1. The average molecular weight is 394 g/mol. The Kier molecular flexibility index (Phi) is 7.37. The molecule has 0 unspecified atom stereocenters. The van der Waals surface area contributed by atoms with Crippen LogP contribution in [-0.2, 0) is 17.8 Å². The minimum Gasteiger partial charge on any atom is -0.355 e. The highest BCUT2D eigenvalue weighted by molar-refractivity contribution is 7.99. The fourth-order valence-corrected chi connectivity index (χ4v) is 3.53. The highest BCUT2D eigenvalue weighted by atomic mass is 32.2. The molecule has 0 aliphatic carbocycles. The minimum absolute atomic E-state index is 0.00308. The molecule has 2 heterocycles. The first-order valence-electron chi connectivity index (χ1n) is 9.16. The van der Waals surface area contributed by atoms with Crippen molar-refractivity contribution < 1.29 is 4.79 Å². The van der Waals surface area contributed by atoms with Gasteiger partial charge in [0.05, 0.1) is 5.75 Å². The third-order valence-corrected chi connectivity index (χ3v) is 5.07. The molecule has 0 fully saturated rings. The van der Waals surface area contributed by atoms with Gasteiger partial charge in [-0.1, -0.05) is 48.2 Å². The number of rotatable bonds is 10. The first-order chi connectivity index (χ1) is 13.8. The van der Waals surface area contributed by atoms with Crippen molar-refractivity contribution in [1.82, 2.24) is 25.1 Å². The van der Waals surface area contributed by atoms with Crippen molar-refractivity contribution in [3.63, 3.8) is 0 Å². The first-order valence-corrected chi connectivity index (χ1v) is 10.1. The van der Waals surface area contributed by atoms with E-state index in [4.69, 9.17) is 0 Å². The van der Waals surface area contributed by atoms with Crippen LogP contribution >= 0.6 is 11.8 Å². The number of nitrogens with zero attached hydrogens (tertiary/aromatic N) is 4. The Balaban J connectivity index is 1.50. The van der Waals surface area contributed by atoms with Crippen LogP contribution in [0.25, 0.3) is 11.4 Å². The van der Waals surface area contributed by atoms with Gasteiger partial charge in [0.2, 0.25) is 5.91 Å². The number of aryl methyl sites for hydroxylation is 1. The van der Waals surface area contributed by atoms with E-state index >= 15 is 0 Å². The zero-order valence-corrected chi connectivity index (χ0v) is 16.4. The number of carbonyl (C=O) groups is 1. The molecular formula is C21H23N5OS. The van der Waals surface area contributed by atoms with Gasteiger partial charge in [-0.15, -0.1) is 16.8 Å². The molecule has 3 aromatic rings. The number of nitrogens with one attached hydrogen (secondary N) is 1. The molecule has 1 aromatic carbocycles. The summed E-state index contributed by atoms with van der Waals surface area (Å²) in [7, 11) is 0. The van der Waals surface area contributed by atoms with E-state index in [1.807, 2.05) is 34.9 Å². The van der Waals surface area contributed by atoms with Crippen molar-refractivity contribution in [3.8, 4) is 11.4 Å². The van der Waals surface area contributed by atoms with E-state index in [-0.39, 0.29) is 5.91 Å². The molecule has 0 aliphatic heterocycles. The number of hydrogen-bond acceptors (Lipinski definition) is 5. The van der Waals surface area contributed by atoms with Crippen molar-refractivity contribution in [3.05, 3.63) is 73.1 Å². The third kappa shape index (κ3) is 5.53. The number of carbonyl (C=O) groups excluding carboxylic acids is 1. The van der Waals surface area contributed by atoms with Crippen molar-refractivity contribution in [1.29, 1.82) is 0 Å². The van der Waals surface area contributed by atoms with Crippen LogP contribution in [0.5, 0.6) is 0 Å². The van der Waals surface area contributed by atoms with Gasteiger partial charge in [-0.2, -0.15) is 0 Å². The molecule has 144 valence electrons. The molecule has 7 heteroatoms. The Bertz CT molecular complexity index is 896. The van der Waals surface area contributed by atoms with Gasteiger partial charge in [0.25, 0.3) is 0 Å². The van der Waals surface area contributed by atoms with E-state index in [9.17, 15) is 4.79 Å². The van der Waals surface area contributed by atoms with Crippen molar-refractivity contribution in [2.24, 2.45) is 0 Å². The normalized spacial score (nSPS) is 10.6. The van der Waals surface area contributed by atoms with E-state index in [2.05, 4.69) is 39.2 Å². The Hall–Kier alpha value is -2.93. The zero-order valence-electron chi connectivity index (χ0n) is 15.6. The van der Waals surface area contributed by atoms with Gasteiger partial charge in [0.1, 0.15) is 0 Å². The molecule has 0 bridgehead atoms. The molecule has 3 rings (SSSR count). The van der Waals surface area contributed by atoms with E-state index in [0.717, 1.165) is 24.2 Å². The van der Waals surface area contributed by atoms with Gasteiger partial charge < -0.3 is 5.32 Å². The van der Waals surface area contributed by atoms with Gasteiger partial charge in [0.15, 0.2) is 11.0 Å². The smallest absolute Gasteiger partial charge is 0.230 e. The van der Waals surface area contributed by atoms with Crippen LogP contribution in [0.2, 0.25) is 0 Å². The molecule has 1 N–H and O–H groups in total. The average Bonchev–Trinajstić information content (AvgIpc) is 3.14. The molecule has 0 saturated carbocycles. The van der Waals surface area contributed by atoms with Gasteiger partial charge in [-0.05, 0) is 30.5 Å². The second kappa shape index (κ2) is 10.4. The molecule has 6 nitrogen and oxygen atoms in total. The van der Waals surface area contributed by atoms with Gasteiger partial charge in [-0.25, -0.2) is 0 Å². The predicted octanol–water partition coefficient (Wildman–Crippen LogP) is 3.37. The highest BCUT2D eigenvalue weighted by Gasteiger charge is 2.14. The second-order valence-corrected chi connectivity index (χ2v) is 7.11. The van der Waals surface area contributed by atoms with Crippen molar-refractivity contribution in [2.75, 3.05) is 12.3 Å². The topological polar surface area (TPSA) is 72.7 Å². The monoisotopic (exact) mass is 393 g/mol. The van der Waals surface area contributed by atoms with Crippen LogP contribution in [0.4, 0.5) is 0 Å². The molecule has 0 aliphatic rings. The molecule has 0 spiro atoms. The Labute approximate surface area is 169 Å². The Morgan fingerprint density at radius 2 is 1.93 bits per heavy atom. The SMILES string of the molecule is C=CCn1c(SCC(=O)NCCCc2ccccc2)nnc1-c1ccncc1. The van der Waals surface area contributed by atoms with Gasteiger partial charge >= 0.3 is 0 Å². The number of pyridine rings is 1. The molecule has 2 aromatic heterocycles. The van der Waals surface area contributed by atoms with Crippen LogP contribution in [0.3, 0.4) is 0 Å². The number of thioether (sulfide) groups is 1. The number of hydrogen-bond donors (Lipinski definition) is 1. The molecular weight excluding hydrogens is 370 g/mol. The summed E-state index contributed by atoms with van der Waals surface area (Å²) in [6, 6.07) is 14.0. The number of aromatic nitrogens is 4. The summed E-state index contributed by atoms with van der Waals surface area (Å²) < 4.78 is 1.95. The zero-order chi connectivity index (χ0) is 19.6. The molecule has 1 amide bonds. The van der Waals surface area contributed by atoms with E-state index in [1.165, 1.54) is 17.3 Å². The summed E-state index contributed by atoms with van der Waals surface area (Å²) >= 11 is 1.38. The summed E-state index contributed by atoms with van der Waals surface area (Å²) in [5, 5.41) is 12.2. The van der Waals surface area contributed by atoms with Crippen LogP contribution in [0.15, 0.2) is 72.7 Å². The van der Waals surface area contributed by atoms with Crippen LogP contribution in [-0.4, -0.2) is 38.0 Å². The number of benzene rings is 1. The second-order valence-electron chi connectivity index (χ2n) is 6.17. The maximum absolute atomic E-state index is 12.2. The standard InChI is InChI=1S/C21H23N5OS/c1-2-15-26-20(18-10-13-22-14-11-18)24-25-21(26)28-16-19(27)23-12-6-9-17-7-4-3-5-8-17/h2-5,7-8,10-11,13-14H,1,6,9,12,15-16H2,(H,23,27). The summed E-state index contributed by atoms with van der Waals surface area (Å²) in [4.78, 5) is 16.2. The third-order valence-electron chi connectivity index (χ3n) is 4.11. The van der Waals surface area contributed by atoms with Crippen LogP contribution in [0.1, 0.15) is 12.0 Å². The summed E-state index contributed by atoms with van der Waals surface area (Å²) in [6.45, 7) is 5.04. The molecule has 28 heavy (non-hydrogen) atoms. The van der Waals surface area contributed by atoms with E-state index in [1.54, 1.807) is 18.5 Å². The highest BCUT2D eigenvalue weighted by Crippen LogP contribution is 2.23. The molecule has 0 radical (unpaired) electrons. The van der Waals surface area contributed by atoms with Crippen LogP contribution < -0.4 is 5.32 Å². The maximum Gasteiger partial charge on any atom is 0.230 e. The van der Waals surface area contributed by atoms with Gasteiger partial charge in [-0.3, -0.25) is 14.3 Å². The lowest BCUT2D eigenvalue weighted by molar-refractivity contribution is -0.118. The fraction of sp³-hybridized carbons (Fsp3) is 0.238. The summed E-state index contributed by atoms with van der Waals surface area (Å²) in [5.41, 5.74) is 2.22. The molecule has 0 atom stereocenters. The van der Waals surface area contributed by atoms with Crippen LogP contribution in [0, 0.1) is 0 Å². The van der Waals surface area contributed by atoms with Crippen molar-refractivity contribution >= 4 is 17.7 Å². The van der Waals surface area contributed by atoms with E-state index < -0.39 is 0 Å². The predicted molar refractivity (Wildman–Crippen MR) is 112 cm³/mol. The Morgan fingerprint density at radius 3 is 2.68 bits per heavy atom. The van der Waals surface area contributed by atoms with Crippen molar-refractivity contribution in [2.45, 2.75) is 24.5 Å². The molecule has 0 saturated heterocycles. The Morgan fingerprint density at radius 1 is 1.14 bits per heavy atom. The first kappa shape index (κ1) is 19.8. The lowest BCUT2D eigenvalue weighted by Crippen LogP contribution is -2.26. The lowest BCUT2D eigenvalue weighted by Gasteiger charge is -2.08. The fourth-order valence-electron chi connectivity index (χ4n) is 2.75. The van der Waals surface area contributed by atoms with E-state index in [0.29, 0.717) is 24.0 Å². The quantitative estimate of drug-likeness (QED) is 0.325. The lowest BCUT2D eigenvalue weighted by atomic mass is 10.1. The largest absolute Gasteiger partial charge is 0.355 e. The minimum atomic E-state index is -0.00308. The van der Waals surface area contributed by atoms with Gasteiger partial charge in [0, 0.05) is 31.0 Å².